The van der Waals surface area contributed by atoms with E-state index in [0.29, 0.717) is 54.3 Å². The number of pyridine rings is 1. The molecule has 3 aromatic rings. The van der Waals surface area contributed by atoms with Crippen LogP contribution in [0.15, 0.2) is 30.5 Å². The summed E-state index contributed by atoms with van der Waals surface area (Å²) < 4.78 is 40.4. The fourth-order valence-electron chi connectivity index (χ4n) is 5.27. The molecule has 0 radical (unpaired) electrons. The zero-order valence-corrected chi connectivity index (χ0v) is 26.4. The van der Waals surface area contributed by atoms with E-state index in [-0.39, 0.29) is 18.4 Å². The molecule has 2 aromatic heterocycles. The van der Waals surface area contributed by atoms with Crippen LogP contribution >= 0.6 is 0 Å². The second-order valence-electron chi connectivity index (χ2n) is 12.7. The monoisotopic (exact) mass is 612 g/mol. The molecule has 5 rings (SSSR count). The molecular formula is C30H40N6O6S. The van der Waals surface area contributed by atoms with Gasteiger partial charge >= 0.3 is 6.09 Å². The van der Waals surface area contributed by atoms with Crippen molar-refractivity contribution in [2.75, 3.05) is 43.9 Å². The Morgan fingerprint density at radius 1 is 1.21 bits per heavy atom. The summed E-state index contributed by atoms with van der Waals surface area (Å²) in [6, 6.07) is 7.37. The van der Waals surface area contributed by atoms with Crippen molar-refractivity contribution in [2.24, 2.45) is 5.41 Å². The molecule has 1 aliphatic carbocycles. The number of hydrogen-bond donors (Lipinski definition) is 2. The fourth-order valence-corrected chi connectivity index (χ4v) is 6.20. The Hall–Kier alpha value is -3.71. The van der Waals surface area contributed by atoms with Gasteiger partial charge in [-0.3, -0.25) is 9.10 Å². The van der Waals surface area contributed by atoms with Gasteiger partial charge in [-0.1, -0.05) is 6.07 Å². The number of rotatable bonds is 10. The van der Waals surface area contributed by atoms with Crippen molar-refractivity contribution in [1.82, 2.24) is 25.4 Å². The van der Waals surface area contributed by atoms with Crippen molar-refractivity contribution in [3.8, 4) is 5.82 Å². The van der Waals surface area contributed by atoms with Crippen molar-refractivity contribution < 1.29 is 27.5 Å². The van der Waals surface area contributed by atoms with Crippen LogP contribution in [0.4, 0.5) is 10.5 Å². The highest BCUT2D eigenvalue weighted by Gasteiger charge is 2.41. The molecule has 13 heteroatoms. The largest absolute Gasteiger partial charge is 0.444 e. The van der Waals surface area contributed by atoms with E-state index >= 15 is 0 Å². The number of fused-ring (bicyclic) bond motifs is 1. The number of benzene rings is 1. The first-order valence-electron chi connectivity index (χ1n) is 14.4. The number of carbonyl (C=O) groups is 2. The maximum atomic E-state index is 13.3. The summed E-state index contributed by atoms with van der Waals surface area (Å²) in [4.78, 5) is 29.9. The third-order valence-corrected chi connectivity index (χ3v) is 8.91. The summed E-state index contributed by atoms with van der Waals surface area (Å²) in [5.74, 6) is 0.347. The Labute approximate surface area is 252 Å². The number of aryl methyl sites for hydroxylation is 1. The van der Waals surface area contributed by atoms with Gasteiger partial charge in [-0.25, -0.2) is 22.9 Å². The van der Waals surface area contributed by atoms with Crippen LogP contribution < -0.4 is 14.9 Å². The molecule has 2 aliphatic rings. The van der Waals surface area contributed by atoms with Gasteiger partial charge in [0.1, 0.15) is 11.3 Å². The van der Waals surface area contributed by atoms with Gasteiger partial charge in [-0.05, 0) is 82.2 Å². The smallest absolute Gasteiger partial charge is 0.407 e. The standard InChI is InChI=1S/C30H40N6O6S/c1-19-7-10-25(32-15-19)36-26(27(37)31-5)22-13-21(20-8-9-20)24(14-23(22)34-36)35(43(6,39)40)12-11-30(17-41-18-30)16-33-28(38)42-29(2,3)4/h7,10,13-15,20H,8-9,11-12,16-18H2,1-6H3,(H,31,37)(H,33,38). The van der Waals surface area contributed by atoms with E-state index in [2.05, 4.69) is 15.6 Å². The highest BCUT2D eigenvalue weighted by Crippen LogP contribution is 2.47. The van der Waals surface area contributed by atoms with Crippen LogP contribution in [0.25, 0.3) is 16.7 Å². The number of aromatic nitrogens is 3. The summed E-state index contributed by atoms with van der Waals surface area (Å²) in [5, 5.41) is 10.9. The van der Waals surface area contributed by atoms with E-state index < -0.39 is 27.1 Å². The van der Waals surface area contributed by atoms with E-state index in [9.17, 15) is 18.0 Å². The van der Waals surface area contributed by atoms with Crippen LogP contribution in [0, 0.1) is 12.3 Å². The number of anilines is 1. The van der Waals surface area contributed by atoms with E-state index in [1.807, 2.05) is 19.1 Å². The fraction of sp³-hybridized carbons (Fsp3) is 0.533. The molecule has 232 valence electrons. The number of carbonyl (C=O) groups excluding carboxylic acids is 2. The van der Waals surface area contributed by atoms with Crippen LogP contribution in [0.2, 0.25) is 0 Å². The summed E-state index contributed by atoms with van der Waals surface area (Å²) in [6.07, 6.45) is 4.70. The lowest BCUT2D eigenvalue weighted by Crippen LogP contribution is -2.53. The lowest BCUT2D eigenvalue weighted by atomic mass is 9.82. The molecule has 1 saturated carbocycles. The highest BCUT2D eigenvalue weighted by atomic mass is 32.2. The molecule has 0 unspecified atom stereocenters. The zero-order valence-electron chi connectivity index (χ0n) is 25.6. The molecule has 0 spiro atoms. The van der Waals surface area contributed by atoms with Crippen LogP contribution in [0.5, 0.6) is 0 Å². The number of hydrogen-bond acceptors (Lipinski definition) is 8. The van der Waals surface area contributed by atoms with Gasteiger partial charge in [-0.15, -0.1) is 0 Å². The lowest BCUT2D eigenvalue weighted by molar-refractivity contribution is -0.113. The van der Waals surface area contributed by atoms with Crippen LogP contribution in [0.1, 0.15) is 67.6 Å². The van der Waals surface area contributed by atoms with Crippen molar-refractivity contribution >= 4 is 38.6 Å². The lowest BCUT2D eigenvalue weighted by Gasteiger charge is -2.42. The molecule has 1 aromatic carbocycles. The zero-order chi connectivity index (χ0) is 31.2. The topological polar surface area (TPSA) is 145 Å². The second kappa shape index (κ2) is 11.4. The number of sulfonamides is 1. The predicted octanol–water partition coefficient (Wildman–Crippen LogP) is 3.66. The Balaban J connectivity index is 1.51. The van der Waals surface area contributed by atoms with Gasteiger partial charge in [0.25, 0.3) is 5.91 Å². The van der Waals surface area contributed by atoms with Crippen molar-refractivity contribution in [1.29, 1.82) is 0 Å². The molecule has 0 bridgehead atoms. The molecule has 2 N–H and O–H groups in total. The van der Waals surface area contributed by atoms with Gasteiger partial charge in [0, 0.05) is 37.1 Å². The second-order valence-corrected chi connectivity index (χ2v) is 14.6. The molecule has 3 heterocycles. The van der Waals surface area contributed by atoms with Crippen molar-refractivity contribution in [2.45, 2.75) is 58.5 Å². The molecule has 2 amide bonds. The van der Waals surface area contributed by atoms with Crippen LogP contribution in [0.3, 0.4) is 0 Å². The molecular weight excluding hydrogens is 572 g/mol. The molecule has 43 heavy (non-hydrogen) atoms. The Morgan fingerprint density at radius 3 is 2.47 bits per heavy atom. The number of nitrogens with one attached hydrogen (secondary N) is 2. The maximum Gasteiger partial charge on any atom is 0.407 e. The number of ether oxygens (including phenoxy) is 2. The Morgan fingerprint density at radius 2 is 1.93 bits per heavy atom. The van der Waals surface area contributed by atoms with Crippen molar-refractivity contribution in [3.05, 3.63) is 47.3 Å². The summed E-state index contributed by atoms with van der Waals surface area (Å²) in [7, 11) is -2.14. The van der Waals surface area contributed by atoms with Gasteiger partial charge < -0.3 is 20.1 Å². The molecule has 0 atom stereocenters. The van der Waals surface area contributed by atoms with E-state index in [4.69, 9.17) is 14.6 Å². The number of nitrogens with zero attached hydrogens (tertiary/aromatic N) is 4. The minimum atomic E-state index is -3.70. The van der Waals surface area contributed by atoms with Crippen molar-refractivity contribution in [3.63, 3.8) is 0 Å². The Bertz CT molecular complexity index is 1640. The first-order chi connectivity index (χ1) is 20.2. The number of alkyl carbamates (subject to hydrolysis) is 1. The molecule has 1 saturated heterocycles. The quantitative estimate of drug-likeness (QED) is 0.353. The van der Waals surface area contributed by atoms with Gasteiger partial charge in [0.2, 0.25) is 10.0 Å². The normalized spacial score (nSPS) is 16.4. The molecule has 1 aliphatic heterocycles. The highest BCUT2D eigenvalue weighted by molar-refractivity contribution is 7.92. The summed E-state index contributed by atoms with van der Waals surface area (Å²) in [5.41, 5.74) is 2.17. The summed E-state index contributed by atoms with van der Waals surface area (Å²) >= 11 is 0. The van der Waals surface area contributed by atoms with Gasteiger partial charge in [0.05, 0.1) is 30.7 Å². The number of amides is 2. The molecule has 12 nitrogen and oxygen atoms in total. The third kappa shape index (κ3) is 6.77. The maximum absolute atomic E-state index is 13.3. The average Bonchev–Trinajstić information content (AvgIpc) is 3.68. The van der Waals surface area contributed by atoms with E-state index in [1.54, 1.807) is 46.1 Å². The minimum Gasteiger partial charge on any atom is -0.444 e. The SMILES string of the molecule is CNC(=O)c1c2cc(C3CC3)c(N(CCC3(CNC(=O)OC(C)(C)C)COC3)S(C)(=O)=O)cc2nn1-c1ccc(C)cn1. The first-order valence-corrected chi connectivity index (χ1v) is 16.3. The van der Waals surface area contributed by atoms with E-state index in [0.717, 1.165) is 24.0 Å². The average molecular weight is 613 g/mol. The van der Waals surface area contributed by atoms with Gasteiger partial charge in [-0.2, -0.15) is 5.10 Å². The van der Waals surface area contributed by atoms with Crippen LogP contribution in [-0.2, 0) is 19.5 Å². The first kappa shape index (κ1) is 30.7. The van der Waals surface area contributed by atoms with Crippen LogP contribution in [-0.4, -0.2) is 80.4 Å². The minimum absolute atomic E-state index is 0.178. The predicted molar refractivity (Wildman–Crippen MR) is 163 cm³/mol. The van der Waals surface area contributed by atoms with Gasteiger partial charge in [0.15, 0.2) is 5.82 Å². The van der Waals surface area contributed by atoms with E-state index in [1.165, 1.54) is 15.2 Å². The third-order valence-electron chi connectivity index (χ3n) is 7.73. The molecule has 2 fully saturated rings. The summed E-state index contributed by atoms with van der Waals surface area (Å²) in [6.45, 7) is 8.61. The Kier molecular flexibility index (Phi) is 8.16.